The van der Waals surface area contributed by atoms with Gasteiger partial charge >= 0.3 is 5.97 Å². The van der Waals surface area contributed by atoms with E-state index in [1.54, 1.807) is 11.8 Å². The van der Waals surface area contributed by atoms with E-state index in [0.717, 1.165) is 18.7 Å². The Morgan fingerprint density at radius 2 is 1.21 bits per heavy atom. The first-order chi connectivity index (χ1) is 16.7. The van der Waals surface area contributed by atoms with Gasteiger partial charge in [-0.05, 0) is 61.7 Å². The van der Waals surface area contributed by atoms with Crippen LogP contribution in [0.1, 0.15) is 90.5 Å². The van der Waals surface area contributed by atoms with Gasteiger partial charge < -0.3 is 9.64 Å². The average Bonchev–Trinajstić information content (AvgIpc) is 2.84. The van der Waals surface area contributed by atoms with Gasteiger partial charge in [-0.25, -0.2) is 0 Å². The van der Waals surface area contributed by atoms with E-state index in [2.05, 4.69) is 55.1 Å². The van der Waals surface area contributed by atoms with Crippen molar-refractivity contribution >= 4 is 23.4 Å². The second-order valence-electron chi connectivity index (χ2n) is 9.04. The van der Waals surface area contributed by atoms with Gasteiger partial charge in [0.05, 0.1) is 13.0 Å². The van der Waals surface area contributed by atoms with E-state index in [0.29, 0.717) is 13.0 Å². The number of carbonyl (C=O) groups excluding carboxylic acids is 1. The smallest absolute Gasteiger partial charge is 0.310 e. The fourth-order valence-corrected chi connectivity index (χ4v) is 4.91. The van der Waals surface area contributed by atoms with Crippen molar-refractivity contribution in [2.75, 3.05) is 24.6 Å². The molecule has 34 heavy (non-hydrogen) atoms. The number of esters is 1. The van der Waals surface area contributed by atoms with Gasteiger partial charge in [0.2, 0.25) is 0 Å². The largest absolute Gasteiger partial charge is 0.466 e. The molecule has 188 valence electrons. The van der Waals surface area contributed by atoms with Crippen LogP contribution in [0, 0.1) is 0 Å². The summed E-state index contributed by atoms with van der Waals surface area (Å²) in [6, 6.07) is 17.3. The van der Waals surface area contributed by atoms with Crippen LogP contribution in [0.5, 0.6) is 0 Å². The van der Waals surface area contributed by atoms with Gasteiger partial charge in [-0.3, -0.25) is 4.79 Å². The van der Waals surface area contributed by atoms with Crippen molar-refractivity contribution in [1.82, 2.24) is 0 Å². The van der Waals surface area contributed by atoms with E-state index < -0.39 is 0 Å². The first kappa shape index (κ1) is 28.3. The number of carbonyl (C=O) groups is 1. The molecule has 0 aromatic heterocycles. The summed E-state index contributed by atoms with van der Waals surface area (Å²) in [6.07, 6.45) is 13.6. The number of ether oxygens (including phenoxy) is 1. The van der Waals surface area contributed by atoms with Crippen molar-refractivity contribution in [3.63, 3.8) is 0 Å². The van der Waals surface area contributed by atoms with E-state index in [4.69, 9.17) is 4.74 Å². The first-order valence-electron chi connectivity index (χ1n) is 13.4. The van der Waals surface area contributed by atoms with Crippen molar-refractivity contribution in [2.45, 2.75) is 101 Å². The minimum Gasteiger partial charge on any atom is -0.466 e. The number of rotatable bonds is 18. The van der Waals surface area contributed by atoms with Gasteiger partial charge in [-0.15, -0.1) is 0 Å². The molecule has 0 spiro atoms. The molecule has 0 amide bonds. The van der Waals surface area contributed by atoms with Crippen LogP contribution in [0.2, 0.25) is 0 Å². The molecule has 2 rings (SSSR count). The average molecular weight is 484 g/mol. The Bertz CT molecular complexity index is 774. The highest BCUT2D eigenvalue weighted by Gasteiger charge is 2.08. The van der Waals surface area contributed by atoms with E-state index in [9.17, 15) is 4.79 Å². The van der Waals surface area contributed by atoms with Crippen molar-refractivity contribution in [1.29, 1.82) is 0 Å². The molecule has 0 aliphatic carbocycles. The van der Waals surface area contributed by atoms with Crippen LogP contribution >= 0.6 is 11.8 Å². The Morgan fingerprint density at radius 1 is 0.706 bits per heavy atom. The Labute approximate surface area is 212 Å². The Hall–Kier alpha value is -1.94. The quantitative estimate of drug-likeness (QED) is 0.157. The predicted octanol–water partition coefficient (Wildman–Crippen LogP) is 8.69. The maximum absolute atomic E-state index is 11.7. The Morgan fingerprint density at radius 3 is 1.71 bits per heavy atom. The zero-order chi connectivity index (χ0) is 24.4. The molecule has 2 aromatic rings. The number of hydrogen-bond acceptors (Lipinski definition) is 4. The van der Waals surface area contributed by atoms with E-state index in [-0.39, 0.29) is 5.97 Å². The lowest BCUT2D eigenvalue weighted by atomic mass is 10.1. The fourth-order valence-electron chi connectivity index (χ4n) is 4.10. The summed E-state index contributed by atoms with van der Waals surface area (Å²) in [6.45, 7) is 9.14. The summed E-state index contributed by atoms with van der Waals surface area (Å²) in [5.41, 5.74) is 2.34. The SMILES string of the molecule is CCCCCCCN(CCCCCCC)c1ccc(Sc2ccc(CC(=O)OCC)cc2)cc1. The standard InChI is InChI=1S/C30H45NO2S/c1-4-7-9-11-13-23-31(24-14-12-10-8-5-2)27-17-21-29(22-18-27)34-28-19-15-26(16-20-28)25-30(32)33-6-3/h15-22H,4-14,23-25H2,1-3H3. The molecule has 0 heterocycles. The fraction of sp³-hybridized carbons (Fsp3) is 0.567. The van der Waals surface area contributed by atoms with Crippen molar-refractivity contribution in [3.8, 4) is 0 Å². The third kappa shape index (κ3) is 11.5. The van der Waals surface area contributed by atoms with E-state index in [1.807, 2.05) is 19.1 Å². The minimum absolute atomic E-state index is 0.168. The number of benzene rings is 2. The molecule has 4 heteroatoms. The van der Waals surface area contributed by atoms with Crippen molar-refractivity contribution in [3.05, 3.63) is 54.1 Å². The highest BCUT2D eigenvalue weighted by molar-refractivity contribution is 7.99. The molecule has 0 aliphatic heterocycles. The minimum atomic E-state index is -0.168. The molecule has 2 aromatic carbocycles. The zero-order valence-electron chi connectivity index (χ0n) is 21.7. The molecule has 0 bridgehead atoms. The third-order valence-electron chi connectivity index (χ3n) is 6.08. The van der Waals surface area contributed by atoms with Crippen molar-refractivity contribution in [2.24, 2.45) is 0 Å². The zero-order valence-corrected chi connectivity index (χ0v) is 22.5. The molecular weight excluding hydrogens is 438 g/mol. The van der Waals surface area contributed by atoms with Crippen LogP contribution in [0.3, 0.4) is 0 Å². The van der Waals surface area contributed by atoms with Crippen molar-refractivity contribution < 1.29 is 9.53 Å². The molecule has 0 radical (unpaired) electrons. The molecule has 3 nitrogen and oxygen atoms in total. The molecular formula is C30H45NO2S. The Kier molecular flexibility index (Phi) is 14.6. The maximum atomic E-state index is 11.7. The molecule has 0 aliphatic rings. The van der Waals surface area contributed by atoms with Gasteiger partial charge in [0, 0.05) is 28.6 Å². The number of nitrogens with zero attached hydrogens (tertiary/aromatic N) is 1. The molecule has 0 saturated heterocycles. The lowest BCUT2D eigenvalue weighted by Crippen LogP contribution is -2.25. The third-order valence-corrected chi connectivity index (χ3v) is 7.09. The summed E-state index contributed by atoms with van der Waals surface area (Å²) in [5.74, 6) is -0.168. The monoisotopic (exact) mass is 483 g/mol. The normalized spacial score (nSPS) is 10.9. The molecule has 0 saturated carbocycles. The Balaban J connectivity index is 1.91. The lowest BCUT2D eigenvalue weighted by molar-refractivity contribution is -0.142. The van der Waals surface area contributed by atoms with Gasteiger partial charge in [0.15, 0.2) is 0 Å². The van der Waals surface area contributed by atoms with E-state index in [1.165, 1.54) is 79.7 Å². The maximum Gasteiger partial charge on any atom is 0.310 e. The van der Waals surface area contributed by atoms with Crippen LogP contribution in [-0.2, 0) is 16.0 Å². The first-order valence-corrected chi connectivity index (χ1v) is 14.2. The summed E-state index contributed by atoms with van der Waals surface area (Å²) >= 11 is 1.77. The molecule has 0 N–H and O–H groups in total. The lowest BCUT2D eigenvalue weighted by Gasteiger charge is -2.25. The molecule has 0 fully saturated rings. The van der Waals surface area contributed by atoms with Crippen LogP contribution in [0.25, 0.3) is 0 Å². The second-order valence-corrected chi connectivity index (χ2v) is 10.2. The highest BCUT2D eigenvalue weighted by atomic mass is 32.2. The molecule has 0 atom stereocenters. The highest BCUT2D eigenvalue weighted by Crippen LogP contribution is 2.30. The van der Waals surface area contributed by atoms with E-state index >= 15 is 0 Å². The summed E-state index contributed by atoms with van der Waals surface area (Å²) in [5, 5.41) is 0. The van der Waals surface area contributed by atoms with Crippen LogP contribution < -0.4 is 4.90 Å². The predicted molar refractivity (Wildman–Crippen MR) is 147 cm³/mol. The summed E-state index contributed by atoms with van der Waals surface area (Å²) in [4.78, 5) is 16.7. The van der Waals surface area contributed by atoms with Gasteiger partial charge in [0.1, 0.15) is 0 Å². The van der Waals surface area contributed by atoms with Crippen LogP contribution in [-0.4, -0.2) is 25.7 Å². The van der Waals surface area contributed by atoms with Crippen LogP contribution in [0.15, 0.2) is 58.3 Å². The number of anilines is 1. The topological polar surface area (TPSA) is 29.5 Å². The van der Waals surface area contributed by atoms with Crippen LogP contribution in [0.4, 0.5) is 5.69 Å². The van der Waals surface area contributed by atoms with Gasteiger partial charge in [0.25, 0.3) is 0 Å². The molecule has 0 unspecified atom stereocenters. The van der Waals surface area contributed by atoms with Gasteiger partial charge in [-0.1, -0.05) is 89.1 Å². The summed E-state index contributed by atoms with van der Waals surface area (Å²) in [7, 11) is 0. The van der Waals surface area contributed by atoms with Gasteiger partial charge in [-0.2, -0.15) is 0 Å². The second kappa shape index (κ2) is 17.5. The summed E-state index contributed by atoms with van der Waals surface area (Å²) < 4.78 is 5.04. The number of hydrogen-bond donors (Lipinski definition) is 0. The number of unbranched alkanes of at least 4 members (excludes halogenated alkanes) is 8.